The van der Waals surface area contributed by atoms with Gasteiger partial charge in [0.15, 0.2) is 11.9 Å². The number of hydrogen-bond acceptors (Lipinski definition) is 6. The number of carbonyl (C=O) groups excluding carboxylic acids is 1. The number of hydrogen-bond donors (Lipinski definition) is 1. The third-order valence-corrected chi connectivity index (χ3v) is 5.04. The fourth-order valence-corrected chi connectivity index (χ4v) is 3.03. The van der Waals surface area contributed by atoms with Crippen LogP contribution in [0.2, 0.25) is 0 Å². The standard InChI is InChI=1S/C12H20O6/c1-8(14)9(2)10(3,15-5)12(7-13,17-9)18-11(8,4)16-6/h7,14H,1-6H3/t8?,9?,10-,11+,12?/m0/s1. The molecule has 18 heavy (non-hydrogen) atoms. The summed E-state index contributed by atoms with van der Waals surface area (Å²) in [5, 5.41) is 10.8. The number of aldehydes is 1. The minimum Gasteiger partial charge on any atom is -0.381 e. The zero-order chi connectivity index (χ0) is 14.0. The first-order chi connectivity index (χ1) is 8.10. The van der Waals surface area contributed by atoms with E-state index in [9.17, 15) is 9.90 Å². The first kappa shape index (κ1) is 13.9. The number of rotatable bonds is 3. The SMILES string of the molecule is CO[C@]1(C)OC2(C=O)OC(C)(C1(C)O)[C@]2(C)OC. The monoisotopic (exact) mass is 260 g/mol. The van der Waals surface area contributed by atoms with Crippen molar-refractivity contribution < 1.29 is 28.8 Å². The fraction of sp³-hybridized carbons (Fsp3) is 0.917. The van der Waals surface area contributed by atoms with Crippen LogP contribution >= 0.6 is 0 Å². The first-order valence-corrected chi connectivity index (χ1v) is 5.79. The van der Waals surface area contributed by atoms with Crippen LogP contribution in [0.1, 0.15) is 27.7 Å². The van der Waals surface area contributed by atoms with E-state index >= 15 is 0 Å². The number of carbonyl (C=O) groups is 1. The molecule has 6 heteroatoms. The van der Waals surface area contributed by atoms with Crippen LogP contribution in [0.15, 0.2) is 0 Å². The summed E-state index contributed by atoms with van der Waals surface area (Å²) in [7, 11) is 2.86. The minimum atomic E-state index is -1.57. The van der Waals surface area contributed by atoms with E-state index in [1.165, 1.54) is 14.2 Å². The molecule has 5 atom stereocenters. The Morgan fingerprint density at radius 1 is 1.06 bits per heavy atom. The van der Waals surface area contributed by atoms with Crippen LogP contribution < -0.4 is 0 Å². The van der Waals surface area contributed by atoms with Crippen molar-refractivity contribution in [3.05, 3.63) is 0 Å². The van der Waals surface area contributed by atoms with Crippen LogP contribution in [-0.4, -0.2) is 54.0 Å². The van der Waals surface area contributed by atoms with Gasteiger partial charge >= 0.3 is 0 Å². The van der Waals surface area contributed by atoms with Crippen molar-refractivity contribution in [2.45, 2.75) is 56.1 Å². The molecule has 3 rings (SSSR count). The van der Waals surface area contributed by atoms with E-state index in [-0.39, 0.29) is 0 Å². The van der Waals surface area contributed by atoms with Gasteiger partial charge < -0.3 is 24.1 Å². The van der Waals surface area contributed by atoms with E-state index in [4.69, 9.17) is 18.9 Å². The first-order valence-electron chi connectivity index (χ1n) is 5.79. The Morgan fingerprint density at radius 3 is 2.00 bits per heavy atom. The maximum absolute atomic E-state index is 11.4. The Morgan fingerprint density at radius 2 is 1.61 bits per heavy atom. The van der Waals surface area contributed by atoms with E-state index in [0.29, 0.717) is 6.29 Å². The summed E-state index contributed by atoms with van der Waals surface area (Å²) in [5.41, 5.74) is -3.72. The summed E-state index contributed by atoms with van der Waals surface area (Å²) in [6.07, 6.45) is 0.546. The van der Waals surface area contributed by atoms with Gasteiger partial charge in [0.2, 0.25) is 5.79 Å². The zero-order valence-electron chi connectivity index (χ0n) is 11.6. The topological polar surface area (TPSA) is 74.2 Å². The third-order valence-electron chi connectivity index (χ3n) is 5.04. The molecule has 2 bridgehead atoms. The molecule has 0 aromatic rings. The molecule has 3 fully saturated rings. The molecule has 3 heterocycles. The number of fused-ring (bicyclic) bond motifs is 2. The van der Waals surface area contributed by atoms with Crippen molar-refractivity contribution in [2.75, 3.05) is 14.2 Å². The largest absolute Gasteiger partial charge is 0.381 e. The number of aliphatic hydroxyl groups is 1. The van der Waals surface area contributed by atoms with Gasteiger partial charge in [-0.2, -0.15) is 0 Å². The Labute approximate surface area is 106 Å². The Hall–Kier alpha value is -0.530. The lowest BCUT2D eigenvalue weighted by Gasteiger charge is -2.75. The smallest absolute Gasteiger partial charge is 0.261 e. The molecule has 0 radical (unpaired) electrons. The van der Waals surface area contributed by atoms with E-state index in [1.807, 2.05) is 0 Å². The van der Waals surface area contributed by atoms with Crippen molar-refractivity contribution in [3.63, 3.8) is 0 Å². The summed E-state index contributed by atoms with van der Waals surface area (Å²) in [5.74, 6) is -2.93. The predicted molar refractivity (Wildman–Crippen MR) is 60.8 cm³/mol. The highest BCUT2D eigenvalue weighted by Crippen LogP contribution is 2.65. The maximum Gasteiger partial charge on any atom is 0.261 e. The van der Waals surface area contributed by atoms with Crippen LogP contribution in [0, 0.1) is 0 Å². The van der Waals surface area contributed by atoms with Gasteiger partial charge in [0.05, 0.1) is 0 Å². The summed E-state index contributed by atoms with van der Waals surface area (Å²) >= 11 is 0. The molecule has 104 valence electrons. The summed E-state index contributed by atoms with van der Waals surface area (Å²) < 4.78 is 21.9. The molecule has 0 aliphatic carbocycles. The molecule has 0 saturated carbocycles. The second-order valence-corrected chi connectivity index (χ2v) is 5.48. The van der Waals surface area contributed by atoms with Crippen molar-refractivity contribution >= 4 is 6.29 Å². The van der Waals surface area contributed by atoms with Crippen molar-refractivity contribution in [1.29, 1.82) is 0 Å². The Kier molecular flexibility index (Phi) is 2.56. The Balaban J connectivity index is 2.60. The van der Waals surface area contributed by atoms with Gasteiger partial charge in [0.25, 0.3) is 5.79 Å². The van der Waals surface area contributed by atoms with Crippen LogP contribution in [0.5, 0.6) is 0 Å². The maximum atomic E-state index is 11.4. The summed E-state index contributed by atoms with van der Waals surface area (Å²) in [6, 6.07) is 0. The summed E-state index contributed by atoms with van der Waals surface area (Å²) in [6.45, 7) is 6.47. The normalized spacial score (nSPS) is 59.1. The van der Waals surface area contributed by atoms with Crippen molar-refractivity contribution in [2.24, 2.45) is 0 Å². The molecule has 3 unspecified atom stereocenters. The van der Waals surface area contributed by atoms with E-state index in [2.05, 4.69) is 0 Å². The van der Waals surface area contributed by atoms with Crippen LogP contribution in [0.4, 0.5) is 0 Å². The highest BCUT2D eigenvalue weighted by molar-refractivity contribution is 5.68. The van der Waals surface area contributed by atoms with Gasteiger partial charge in [-0.25, -0.2) is 0 Å². The summed E-state index contributed by atoms with van der Waals surface area (Å²) in [4.78, 5) is 11.4. The highest BCUT2D eigenvalue weighted by atomic mass is 16.9. The average molecular weight is 260 g/mol. The molecule has 3 aliphatic rings. The van der Waals surface area contributed by atoms with E-state index in [0.717, 1.165) is 0 Å². The molecule has 3 saturated heterocycles. The van der Waals surface area contributed by atoms with Crippen molar-refractivity contribution in [1.82, 2.24) is 0 Å². The second-order valence-electron chi connectivity index (χ2n) is 5.48. The molecular formula is C12H20O6. The molecular weight excluding hydrogens is 240 g/mol. The number of ether oxygens (including phenoxy) is 4. The predicted octanol–water partition coefficient (Wildman–Crippen LogP) is 0.219. The second kappa shape index (κ2) is 3.32. The average Bonchev–Trinajstić information content (AvgIpc) is 2.34. The van der Waals surface area contributed by atoms with Crippen LogP contribution in [0.3, 0.4) is 0 Å². The van der Waals surface area contributed by atoms with Crippen molar-refractivity contribution in [3.8, 4) is 0 Å². The zero-order valence-corrected chi connectivity index (χ0v) is 11.6. The fourth-order valence-electron chi connectivity index (χ4n) is 3.03. The van der Waals surface area contributed by atoms with Gasteiger partial charge in [0.1, 0.15) is 11.2 Å². The molecule has 6 nitrogen and oxygen atoms in total. The Bertz CT molecular complexity index is 396. The lowest BCUT2D eigenvalue weighted by Crippen LogP contribution is -2.95. The van der Waals surface area contributed by atoms with E-state index < -0.39 is 28.4 Å². The van der Waals surface area contributed by atoms with E-state index in [1.54, 1.807) is 27.7 Å². The molecule has 1 N–H and O–H groups in total. The van der Waals surface area contributed by atoms with Gasteiger partial charge in [0, 0.05) is 14.2 Å². The van der Waals surface area contributed by atoms with Gasteiger partial charge in [-0.1, -0.05) is 0 Å². The van der Waals surface area contributed by atoms with Crippen LogP contribution in [-0.2, 0) is 23.7 Å². The van der Waals surface area contributed by atoms with Gasteiger partial charge in [-0.3, -0.25) is 4.79 Å². The highest BCUT2D eigenvalue weighted by Gasteiger charge is 2.87. The molecule has 0 aromatic heterocycles. The third kappa shape index (κ3) is 1.02. The molecule has 0 amide bonds. The lowest BCUT2D eigenvalue weighted by atomic mass is 9.59. The molecule has 0 spiro atoms. The minimum absolute atomic E-state index is 0.546. The molecule has 3 aliphatic heterocycles. The molecule has 0 aromatic carbocycles. The van der Waals surface area contributed by atoms with Crippen LogP contribution in [0.25, 0.3) is 0 Å². The van der Waals surface area contributed by atoms with Gasteiger partial charge in [-0.15, -0.1) is 0 Å². The lowest BCUT2D eigenvalue weighted by molar-refractivity contribution is -0.582. The quantitative estimate of drug-likeness (QED) is 0.732. The number of methoxy groups -OCH3 is 2. The van der Waals surface area contributed by atoms with Gasteiger partial charge in [-0.05, 0) is 27.7 Å².